The molecule has 0 aromatic carbocycles. The topological polar surface area (TPSA) is 41.8 Å². The number of aromatic amines is 1. The van der Waals surface area contributed by atoms with Crippen LogP contribution in [0.15, 0.2) is 27.4 Å². The lowest BCUT2D eigenvalue weighted by atomic mass is 10.2. The molecule has 2 rings (SSSR count). The van der Waals surface area contributed by atoms with Crippen molar-refractivity contribution in [1.29, 1.82) is 0 Å². The maximum Gasteiger partial charge on any atom is 0.141 e. The van der Waals surface area contributed by atoms with Gasteiger partial charge in [-0.15, -0.1) is 0 Å². The van der Waals surface area contributed by atoms with E-state index in [1.165, 1.54) is 0 Å². The fourth-order valence-electron chi connectivity index (χ4n) is 1.15. The van der Waals surface area contributed by atoms with Gasteiger partial charge >= 0.3 is 0 Å². The number of H-pyrrole nitrogens is 1. The van der Waals surface area contributed by atoms with E-state index in [4.69, 9.17) is 16.6 Å². The second-order valence-corrected chi connectivity index (χ2v) is 4.06. The molecule has 0 radical (unpaired) electrons. The minimum absolute atomic E-state index is 0.635. The van der Waals surface area contributed by atoms with Crippen molar-refractivity contribution >= 4 is 28.1 Å². The van der Waals surface area contributed by atoms with E-state index in [0.29, 0.717) is 4.64 Å². The highest BCUT2D eigenvalue weighted by molar-refractivity contribution is 9.10. The van der Waals surface area contributed by atoms with Crippen molar-refractivity contribution in [3.8, 4) is 11.4 Å². The molecule has 0 bridgehead atoms. The number of hydrogen-bond acceptors (Lipinski definition) is 3. The van der Waals surface area contributed by atoms with Gasteiger partial charge in [-0.3, -0.25) is 0 Å². The molecule has 72 valence electrons. The molecule has 3 nitrogen and oxygen atoms in total. The summed E-state index contributed by atoms with van der Waals surface area (Å²) in [6.45, 7) is 1.88. The highest BCUT2D eigenvalue weighted by atomic mass is 79.9. The molecule has 0 unspecified atom stereocenters. The smallest absolute Gasteiger partial charge is 0.141 e. The first kappa shape index (κ1) is 9.61. The van der Waals surface area contributed by atoms with Crippen LogP contribution < -0.4 is 0 Å². The number of nitrogens with one attached hydrogen (secondary N) is 1. The average molecular weight is 271 g/mol. The SMILES string of the molecule is Cc1occc1-c1ncc(Br)c(=S)[nH]1. The fourth-order valence-corrected chi connectivity index (χ4v) is 1.50. The zero-order valence-corrected chi connectivity index (χ0v) is 9.78. The molecule has 2 aromatic heterocycles. The van der Waals surface area contributed by atoms with Crippen LogP contribution in [-0.2, 0) is 0 Å². The molecule has 14 heavy (non-hydrogen) atoms. The van der Waals surface area contributed by atoms with E-state index in [9.17, 15) is 0 Å². The summed E-state index contributed by atoms with van der Waals surface area (Å²) in [4.78, 5) is 7.23. The van der Waals surface area contributed by atoms with Gasteiger partial charge in [0.05, 0.1) is 16.3 Å². The van der Waals surface area contributed by atoms with Crippen LogP contribution in [0.25, 0.3) is 11.4 Å². The standard InChI is InChI=1S/C9H7BrN2OS/c1-5-6(2-3-13-5)8-11-4-7(10)9(14)12-8/h2-4H,1H3,(H,11,12,14). The van der Waals surface area contributed by atoms with Crippen LogP contribution in [0.2, 0.25) is 0 Å². The highest BCUT2D eigenvalue weighted by Crippen LogP contribution is 2.21. The molecule has 0 aliphatic heterocycles. The van der Waals surface area contributed by atoms with E-state index in [2.05, 4.69) is 25.9 Å². The Kier molecular flexibility index (Phi) is 2.52. The summed E-state index contributed by atoms with van der Waals surface area (Å²) >= 11 is 8.37. The third kappa shape index (κ3) is 1.65. The number of furan rings is 1. The summed E-state index contributed by atoms with van der Waals surface area (Å²) in [5.74, 6) is 1.55. The van der Waals surface area contributed by atoms with Crippen LogP contribution in [0, 0.1) is 11.6 Å². The van der Waals surface area contributed by atoms with Crippen molar-refractivity contribution in [2.45, 2.75) is 6.92 Å². The Labute approximate surface area is 94.3 Å². The summed E-state index contributed by atoms with van der Waals surface area (Å²) in [6, 6.07) is 1.86. The lowest BCUT2D eigenvalue weighted by Gasteiger charge is -1.98. The lowest BCUT2D eigenvalue weighted by Crippen LogP contribution is -1.89. The second-order valence-electron chi connectivity index (χ2n) is 2.80. The molecule has 0 aliphatic carbocycles. The Bertz CT molecular complexity index is 518. The van der Waals surface area contributed by atoms with Crippen molar-refractivity contribution in [2.24, 2.45) is 0 Å². The highest BCUT2D eigenvalue weighted by Gasteiger charge is 2.06. The van der Waals surface area contributed by atoms with Crippen LogP contribution in [0.4, 0.5) is 0 Å². The summed E-state index contributed by atoms with van der Waals surface area (Å²) in [5, 5.41) is 0. The van der Waals surface area contributed by atoms with Crippen LogP contribution in [0.1, 0.15) is 5.76 Å². The Morgan fingerprint density at radius 1 is 1.57 bits per heavy atom. The zero-order chi connectivity index (χ0) is 10.1. The first-order valence-electron chi connectivity index (χ1n) is 3.98. The molecule has 0 aliphatic rings. The Balaban J connectivity index is 2.59. The predicted octanol–water partition coefficient (Wildman–Crippen LogP) is 3.47. The molecule has 0 saturated carbocycles. The van der Waals surface area contributed by atoms with E-state index in [-0.39, 0.29) is 0 Å². The second kappa shape index (κ2) is 3.67. The first-order valence-corrected chi connectivity index (χ1v) is 5.18. The Morgan fingerprint density at radius 2 is 2.36 bits per heavy atom. The van der Waals surface area contributed by atoms with Gasteiger partial charge in [0.25, 0.3) is 0 Å². The molecular formula is C9H7BrN2OS. The minimum Gasteiger partial charge on any atom is -0.469 e. The Hall–Kier alpha value is -0.940. The van der Waals surface area contributed by atoms with Crippen LogP contribution in [-0.4, -0.2) is 9.97 Å². The maximum absolute atomic E-state index is 5.18. The van der Waals surface area contributed by atoms with Gasteiger partial charge in [0, 0.05) is 6.20 Å². The number of aromatic nitrogens is 2. The molecule has 0 atom stereocenters. The van der Waals surface area contributed by atoms with Crippen molar-refractivity contribution < 1.29 is 4.42 Å². The molecule has 1 N–H and O–H groups in total. The van der Waals surface area contributed by atoms with E-state index >= 15 is 0 Å². The quantitative estimate of drug-likeness (QED) is 0.807. The molecule has 2 aromatic rings. The lowest BCUT2D eigenvalue weighted by molar-refractivity contribution is 0.535. The van der Waals surface area contributed by atoms with E-state index in [1.807, 2.05) is 13.0 Å². The van der Waals surface area contributed by atoms with Crippen molar-refractivity contribution in [3.05, 3.63) is 33.4 Å². The third-order valence-electron chi connectivity index (χ3n) is 1.87. The van der Waals surface area contributed by atoms with Gasteiger partial charge in [-0.05, 0) is 28.9 Å². The number of halogens is 1. The molecule has 0 fully saturated rings. The molecule has 0 amide bonds. The van der Waals surface area contributed by atoms with Crippen LogP contribution in [0.3, 0.4) is 0 Å². The molecular weight excluding hydrogens is 264 g/mol. The van der Waals surface area contributed by atoms with Gasteiger partial charge in [0.1, 0.15) is 16.2 Å². The average Bonchev–Trinajstić information content (AvgIpc) is 2.57. The van der Waals surface area contributed by atoms with Gasteiger partial charge in [0.2, 0.25) is 0 Å². The van der Waals surface area contributed by atoms with Crippen molar-refractivity contribution in [1.82, 2.24) is 9.97 Å². The summed E-state index contributed by atoms with van der Waals surface area (Å²) in [6.07, 6.45) is 3.31. The van der Waals surface area contributed by atoms with Gasteiger partial charge < -0.3 is 9.40 Å². The normalized spacial score (nSPS) is 10.4. The molecule has 0 saturated heterocycles. The van der Waals surface area contributed by atoms with E-state index in [1.54, 1.807) is 12.5 Å². The van der Waals surface area contributed by atoms with E-state index in [0.717, 1.165) is 21.6 Å². The van der Waals surface area contributed by atoms with E-state index < -0.39 is 0 Å². The third-order valence-corrected chi connectivity index (χ3v) is 3.06. The monoisotopic (exact) mass is 270 g/mol. The van der Waals surface area contributed by atoms with Gasteiger partial charge in [-0.25, -0.2) is 4.98 Å². The fraction of sp³-hybridized carbons (Fsp3) is 0.111. The minimum atomic E-state index is 0.635. The molecule has 2 heterocycles. The molecule has 5 heteroatoms. The van der Waals surface area contributed by atoms with Crippen molar-refractivity contribution in [2.75, 3.05) is 0 Å². The van der Waals surface area contributed by atoms with Crippen molar-refractivity contribution in [3.63, 3.8) is 0 Å². The van der Waals surface area contributed by atoms with Crippen LogP contribution >= 0.6 is 28.1 Å². The van der Waals surface area contributed by atoms with Crippen LogP contribution in [0.5, 0.6) is 0 Å². The zero-order valence-electron chi connectivity index (χ0n) is 7.37. The van der Waals surface area contributed by atoms with Gasteiger partial charge in [-0.1, -0.05) is 12.2 Å². The van der Waals surface area contributed by atoms with Gasteiger partial charge in [0.15, 0.2) is 0 Å². The first-order chi connectivity index (χ1) is 6.68. The number of rotatable bonds is 1. The largest absolute Gasteiger partial charge is 0.469 e. The number of nitrogens with zero attached hydrogens (tertiary/aromatic N) is 1. The predicted molar refractivity (Wildman–Crippen MR) is 59.6 cm³/mol. The Morgan fingerprint density at radius 3 is 2.93 bits per heavy atom. The number of aryl methyl sites for hydroxylation is 1. The molecule has 0 spiro atoms. The summed E-state index contributed by atoms with van der Waals surface area (Å²) in [5.41, 5.74) is 0.934. The summed E-state index contributed by atoms with van der Waals surface area (Å²) in [7, 11) is 0. The summed E-state index contributed by atoms with van der Waals surface area (Å²) < 4.78 is 6.61. The number of hydrogen-bond donors (Lipinski definition) is 1. The maximum atomic E-state index is 5.18. The van der Waals surface area contributed by atoms with Gasteiger partial charge in [-0.2, -0.15) is 0 Å².